The monoisotopic (exact) mass is 386 g/mol. The summed E-state index contributed by atoms with van der Waals surface area (Å²) in [5.41, 5.74) is 2.69. The number of hydrogen-bond acceptors (Lipinski definition) is 4. The van der Waals surface area contributed by atoms with Crippen molar-refractivity contribution in [3.8, 4) is 11.5 Å². The van der Waals surface area contributed by atoms with Gasteiger partial charge in [0.25, 0.3) is 0 Å². The third-order valence-electron chi connectivity index (χ3n) is 4.76. The van der Waals surface area contributed by atoms with E-state index in [4.69, 9.17) is 9.47 Å². The maximum absolute atomic E-state index is 13.2. The van der Waals surface area contributed by atoms with Crippen molar-refractivity contribution in [3.63, 3.8) is 0 Å². The summed E-state index contributed by atoms with van der Waals surface area (Å²) in [5, 5.41) is 2.62. The Morgan fingerprint density at radius 1 is 1.11 bits per heavy atom. The van der Waals surface area contributed by atoms with Crippen LogP contribution in [0, 0.1) is 5.82 Å². The molecule has 148 valence electrons. The second-order valence-corrected chi connectivity index (χ2v) is 6.62. The number of nitrogens with zero attached hydrogens (tertiary/aromatic N) is 1. The summed E-state index contributed by atoms with van der Waals surface area (Å²) >= 11 is 0. The summed E-state index contributed by atoms with van der Waals surface area (Å²) in [4.78, 5) is 26.2. The molecule has 0 radical (unpaired) electrons. The van der Waals surface area contributed by atoms with Crippen molar-refractivity contribution in [2.45, 2.75) is 19.4 Å². The van der Waals surface area contributed by atoms with Gasteiger partial charge in [-0.3, -0.25) is 9.59 Å². The molecule has 0 fully saturated rings. The van der Waals surface area contributed by atoms with Gasteiger partial charge in [-0.15, -0.1) is 0 Å². The van der Waals surface area contributed by atoms with Gasteiger partial charge in [0.1, 0.15) is 5.82 Å². The van der Waals surface area contributed by atoms with E-state index in [1.165, 1.54) is 12.1 Å². The number of carbonyl (C=O) groups is 2. The summed E-state index contributed by atoms with van der Waals surface area (Å²) in [6.07, 6.45) is 0.740. The first kappa shape index (κ1) is 19.7. The number of rotatable bonds is 6. The van der Waals surface area contributed by atoms with Gasteiger partial charge in [-0.05, 0) is 47.4 Å². The molecule has 0 saturated heterocycles. The number of amides is 2. The number of carbonyl (C=O) groups excluding carboxylic acids is 2. The minimum atomic E-state index is -0.389. The lowest BCUT2D eigenvalue weighted by molar-refractivity contribution is -0.133. The molecule has 0 aliphatic carbocycles. The maximum Gasteiger partial charge on any atom is 0.242 e. The number of benzene rings is 2. The highest BCUT2D eigenvalue weighted by atomic mass is 19.1. The fourth-order valence-electron chi connectivity index (χ4n) is 3.28. The second-order valence-electron chi connectivity index (χ2n) is 6.62. The summed E-state index contributed by atoms with van der Waals surface area (Å²) in [7, 11) is 3.17. The zero-order valence-electron chi connectivity index (χ0n) is 16.0. The van der Waals surface area contributed by atoms with Gasteiger partial charge in [0.15, 0.2) is 11.5 Å². The summed E-state index contributed by atoms with van der Waals surface area (Å²) in [6, 6.07) is 9.69. The zero-order chi connectivity index (χ0) is 20.1. The van der Waals surface area contributed by atoms with Crippen LogP contribution in [0.15, 0.2) is 36.4 Å². The van der Waals surface area contributed by atoms with Crippen LogP contribution in [0.2, 0.25) is 0 Å². The van der Waals surface area contributed by atoms with Gasteiger partial charge in [0, 0.05) is 13.1 Å². The second kappa shape index (κ2) is 8.73. The fourth-order valence-corrected chi connectivity index (χ4v) is 3.28. The van der Waals surface area contributed by atoms with Gasteiger partial charge in [-0.25, -0.2) is 4.39 Å². The van der Waals surface area contributed by atoms with E-state index in [1.54, 1.807) is 31.3 Å². The van der Waals surface area contributed by atoms with E-state index in [0.717, 1.165) is 11.1 Å². The highest BCUT2D eigenvalue weighted by Gasteiger charge is 2.23. The first-order valence-corrected chi connectivity index (χ1v) is 9.03. The zero-order valence-corrected chi connectivity index (χ0v) is 16.0. The number of halogens is 1. The van der Waals surface area contributed by atoms with Crippen LogP contribution in [0.3, 0.4) is 0 Å². The Kier molecular flexibility index (Phi) is 6.13. The predicted octanol–water partition coefficient (Wildman–Crippen LogP) is 2.09. The molecule has 6 nitrogen and oxygen atoms in total. The van der Waals surface area contributed by atoms with Crippen molar-refractivity contribution in [2.24, 2.45) is 0 Å². The Morgan fingerprint density at radius 3 is 2.50 bits per heavy atom. The highest BCUT2D eigenvalue weighted by molar-refractivity contribution is 5.85. The molecule has 0 atom stereocenters. The minimum absolute atomic E-state index is 0.0326. The van der Waals surface area contributed by atoms with Gasteiger partial charge in [-0.2, -0.15) is 0 Å². The number of fused-ring (bicyclic) bond motifs is 1. The Bertz CT molecular complexity index is 885. The van der Waals surface area contributed by atoms with Crippen LogP contribution in [0.25, 0.3) is 0 Å². The Hall–Kier alpha value is -3.09. The molecule has 1 aliphatic rings. The molecule has 2 aromatic rings. The number of hydrogen-bond donors (Lipinski definition) is 1. The quantitative estimate of drug-likeness (QED) is 0.826. The number of nitrogens with one attached hydrogen (secondary N) is 1. The van der Waals surface area contributed by atoms with E-state index in [1.807, 2.05) is 12.1 Å². The molecule has 0 bridgehead atoms. The van der Waals surface area contributed by atoms with Crippen molar-refractivity contribution >= 4 is 11.8 Å². The van der Waals surface area contributed by atoms with Gasteiger partial charge in [0.2, 0.25) is 11.8 Å². The molecule has 2 amide bonds. The normalized spacial score (nSPS) is 12.9. The van der Waals surface area contributed by atoms with Crippen LogP contribution in [-0.2, 0) is 29.0 Å². The molecule has 3 rings (SSSR count). The molecule has 0 saturated carbocycles. The van der Waals surface area contributed by atoms with Gasteiger partial charge >= 0.3 is 0 Å². The van der Waals surface area contributed by atoms with Crippen LogP contribution < -0.4 is 14.8 Å². The van der Waals surface area contributed by atoms with Gasteiger partial charge < -0.3 is 19.7 Å². The average molecular weight is 386 g/mol. The molecular formula is C21H23FN2O4. The smallest absolute Gasteiger partial charge is 0.242 e. The maximum atomic E-state index is 13.2. The van der Waals surface area contributed by atoms with E-state index in [0.29, 0.717) is 36.6 Å². The number of ether oxygens (including phenoxy) is 2. The first-order chi connectivity index (χ1) is 13.5. The molecule has 7 heteroatoms. The topological polar surface area (TPSA) is 67.9 Å². The molecule has 0 spiro atoms. The van der Waals surface area contributed by atoms with Crippen molar-refractivity contribution in [2.75, 3.05) is 27.3 Å². The molecule has 2 aromatic carbocycles. The highest BCUT2D eigenvalue weighted by Crippen LogP contribution is 2.33. The average Bonchev–Trinajstić information content (AvgIpc) is 2.70. The third-order valence-corrected chi connectivity index (χ3v) is 4.76. The Labute approximate surface area is 163 Å². The summed E-state index contributed by atoms with van der Waals surface area (Å²) in [5.74, 6) is 0.431. The van der Waals surface area contributed by atoms with E-state index >= 15 is 0 Å². The largest absolute Gasteiger partial charge is 0.493 e. The van der Waals surface area contributed by atoms with Crippen molar-refractivity contribution in [1.29, 1.82) is 0 Å². The molecule has 1 heterocycles. The van der Waals surface area contributed by atoms with E-state index < -0.39 is 0 Å². The molecule has 1 N–H and O–H groups in total. The van der Waals surface area contributed by atoms with Crippen LogP contribution in [0.1, 0.15) is 16.7 Å². The molecule has 0 unspecified atom stereocenters. The lowest BCUT2D eigenvalue weighted by Crippen LogP contribution is -2.42. The number of methoxy groups -OCH3 is 2. The predicted molar refractivity (Wildman–Crippen MR) is 102 cm³/mol. The fraction of sp³-hybridized carbons (Fsp3) is 0.333. The molecule has 28 heavy (non-hydrogen) atoms. The molecule has 1 aliphatic heterocycles. The van der Waals surface area contributed by atoms with Gasteiger partial charge in [0.05, 0.1) is 27.2 Å². The van der Waals surface area contributed by atoms with Crippen molar-refractivity contribution in [1.82, 2.24) is 10.2 Å². The Balaban J connectivity index is 1.56. The van der Waals surface area contributed by atoms with E-state index in [-0.39, 0.29) is 30.6 Å². The van der Waals surface area contributed by atoms with Crippen LogP contribution >= 0.6 is 0 Å². The van der Waals surface area contributed by atoms with Crippen LogP contribution in [-0.4, -0.2) is 44.0 Å². The van der Waals surface area contributed by atoms with E-state index in [9.17, 15) is 14.0 Å². The third kappa shape index (κ3) is 4.60. The molecular weight excluding hydrogens is 363 g/mol. The van der Waals surface area contributed by atoms with Crippen LogP contribution in [0.5, 0.6) is 11.5 Å². The van der Waals surface area contributed by atoms with Crippen LogP contribution in [0.4, 0.5) is 4.39 Å². The minimum Gasteiger partial charge on any atom is -0.493 e. The van der Waals surface area contributed by atoms with Crippen molar-refractivity contribution < 1.29 is 23.5 Å². The summed E-state index contributed by atoms with van der Waals surface area (Å²) < 4.78 is 23.8. The lowest BCUT2D eigenvalue weighted by atomic mass is 9.98. The van der Waals surface area contributed by atoms with Gasteiger partial charge in [-0.1, -0.05) is 12.1 Å². The molecule has 0 aromatic heterocycles. The Morgan fingerprint density at radius 2 is 1.82 bits per heavy atom. The summed E-state index contributed by atoms with van der Waals surface area (Å²) in [6.45, 7) is 0.937. The SMILES string of the molecule is COc1cc2c(cc1OC)CN(C(=O)CNC(=O)Cc1cccc(F)c1)CC2. The standard InChI is InChI=1S/C21H23FN2O4/c1-27-18-10-15-6-7-24(13-16(15)11-19(18)28-2)21(26)12-23-20(25)9-14-4-3-5-17(22)8-14/h3-5,8,10-11H,6-7,9,12-13H2,1-2H3,(H,23,25). The van der Waals surface area contributed by atoms with Crippen molar-refractivity contribution in [3.05, 3.63) is 58.9 Å². The van der Waals surface area contributed by atoms with E-state index in [2.05, 4.69) is 5.32 Å². The first-order valence-electron chi connectivity index (χ1n) is 9.03. The lowest BCUT2D eigenvalue weighted by Gasteiger charge is -2.29.